The molecule has 0 bridgehead atoms. The van der Waals surface area contributed by atoms with Crippen LogP contribution in [0.25, 0.3) is 0 Å². The molecule has 0 fully saturated rings. The van der Waals surface area contributed by atoms with E-state index in [1.54, 1.807) is 13.2 Å². The van der Waals surface area contributed by atoms with E-state index in [9.17, 15) is 13.2 Å². The van der Waals surface area contributed by atoms with Crippen LogP contribution in [0.5, 0.6) is 5.75 Å². The van der Waals surface area contributed by atoms with Gasteiger partial charge in [0.15, 0.2) is 0 Å². The first-order valence-electron chi connectivity index (χ1n) is 6.49. The molecule has 0 aromatic heterocycles. The average Bonchev–Trinajstić information content (AvgIpc) is 2.47. The molecule has 0 aliphatic carbocycles. The molecule has 0 aliphatic rings. The van der Waals surface area contributed by atoms with Gasteiger partial charge in [-0.1, -0.05) is 30.3 Å². The highest BCUT2D eigenvalue weighted by atomic mass is 19.4. The van der Waals surface area contributed by atoms with Crippen LogP contribution in [0.2, 0.25) is 0 Å². The van der Waals surface area contributed by atoms with Gasteiger partial charge in [-0.2, -0.15) is 13.2 Å². The summed E-state index contributed by atoms with van der Waals surface area (Å²) in [6, 6.07) is 13.0. The molecule has 5 heteroatoms. The predicted molar refractivity (Wildman–Crippen MR) is 75.0 cm³/mol. The lowest BCUT2D eigenvalue weighted by molar-refractivity contribution is -0.138. The third kappa shape index (κ3) is 4.23. The van der Waals surface area contributed by atoms with Gasteiger partial charge in [-0.15, -0.1) is 0 Å². The zero-order valence-electron chi connectivity index (χ0n) is 11.6. The first-order valence-corrected chi connectivity index (χ1v) is 6.49. The van der Waals surface area contributed by atoms with Crippen LogP contribution in [0.4, 0.5) is 13.2 Å². The van der Waals surface area contributed by atoms with Crippen molar-refractivity contribution in [2.45, 2.75) is 19.3 Å². The minimum atomic E-state index is -4.33. The lowest BCUT2D eigenvalue weighted by Crippen LogP contribution is -2.17. The van der Waals surface area contributed by atoms with Gasteiger partial charge in [-0.25, -0.2) is 0 Å². The highest BCUT2D eigenvalue weighted by Crippen LogP contribution is 2.31. The van der Waals surface area contributed by atoms with Crippen LogP contribution in [0.3, 0.4) is 0 Å². The molecule has 0 heterocycles. The molecule has 2 nitrogen and oxygen atoms in total. The second-order valence-corrected chi connectivity index (χ2v) is 4.61. The minimum absolute atomic E-state index is 0.160. The molecule has 2 aromatic rings. The summed E-state index contributed by atoms with van der Waals surface area (Å²) >= 11 is 0. The molecule has 0 saturated carbocycles. The summed E-state index contributed by atoms with van der Waals surface area (Å²) in [5.41, 5.74) is 0.606. The summed E-state index contributed by atoms with van der Waals surface area (Å²) in [5.74, 6) is 0.727. The number of hydrogen-bond acceptors (Lipinski definition) is 2. The fourth-order valence-corrected chi connectivity index (χ4v) is 2.07. The third-order valence-corrected chi connectivity index (χ3v) is 3.10. The van der Waals surface area contributed by atoms with E-state index in [1.165, 1.54) is 12.1 Å². The number of hydrogen-bond donors (Lipinski definition) is 1. The Balaban J connectivity index is 2.01. The van der Waals surface area contributed by atoms with E-state index in [-0.39, 0.29) is 12.1 Å². The second kappa shape index (κ2) is 6.63. The molecule has 1 N–H and O–H groups in total. The van der Waals surface area contributed by atoms with E-state index in [1.807, 2.05) is 24.3 Å². The van der Waals surface area contributed by atoms with Gasteiger partial charge in [0.1, 0.15) is 5.75 Å². The van der Waals surface area contributed by atoms with Gasteiger partial charge in [0.2, 0.25) is 0 Å². The minimum Gasteiger partial charge on any atom is -0.497 e. The van der Waals surface area contributed by atoms with E-state index < -0.39 is 11.7 Å². The van der Waals surface area contributed by atoms with E-state index in [0.717, 1.165) is 17.4 Å². The van der Waals surface area contributed by atoms with Gasteiger partial charge in [0.05, 0.1) is 12.7 Å². The normalized spacial score (nSPS) is 11.4. The van der Waals surface area contributed by atoms with E-state index in [0.29, 0.717) is 6.54 Å². The van der Waals surface area contributed by atoms with Crippen molar-refractivity contribution in [2.24, 2.45) is 0 Å². The molecule has 2 rings (SSSR count). The van der Waals surface area contributed by atoms with Crippen LogP contribution in [-0.2, 0) is 19.3 Å². The summed E-state index contributed by atoms with van der Waals surface area (Å²) in [5, 5.41) is 3.03. The molecule has 0 atom stereocenters. The number of halogens is 3. The van der Waals surface area contributed by atoms with Gasteiger partial charge >= 0.3 is 6.18 Å². The summed E-state index contributed by atoms with van der Waals surface area (Å²) < 4.78 is 43.7. The van der Waals surface area contributed by atoms with Gasteiger partial charge < -0.3 is 10.1 Å². The van der Waals surface area contributed by atoms with Crippen molar-refractivity contribution in [3.63, 3.8) is 0 Å². The fraction of sp³-hybridized carbons (Fsp3) is 0.250. The molecule has 0 saturated heterocycles. The molecule has 0 unspecified atom stereocenters. The SMILES string of the molecule is COc1cccc(CNCc2ccccc2C(F)(F)F)c1. The first kappa shape index (κ1) is 15.4. The number of benzene rings is 2. The Hall–Kier alpha value is -2.01. The Morgan fingerprint density at radius 3 is 2.48 bits per heavy atom. The largest absolute Gasteiger partial charge is 0.497 e. The van der Waals surface area contributed by atoms with Crippen LogP contribution in [0, 0.1) is 0 Å². The predicted octanol–water partition coefficient (Wildman–Crippen LogP) is 4.00. The van der Waals surface area contributed by atoms with Crippen LogP contribution in [0.15, 0.2) is 48.5 Å². The molecule has 21 heavy (non-hydrogen) atoms. The van der Waals surface area contributed by atoms with Gasteiger partial charge in [-0.3, -0.25) is 0 Å². The Morgan fingerprint density at radius 1 is 1.00 bits per heavy atom. The lowest BCUT2D eigenvalue weighted by Gasteiger charge is -2.13. The van der Waals surface area contributed by atoms with Crippen molar-refractivity contribution in [3.05, 3.63) is 65.2 Å². The van der Waals surface area contributed by atoms with E-state index >= 15 is 0 Å². The number of alkyl halides is 3. The third-order valence-electron chi connectivity index (χ3n) is 3.10. The van der Waals surface area contributed by atoms with Gasteiger partial charge in [-0.05, 0) is 29.3 Å². The summed E-state index contributed by atoms with van der Waals surface area (Å²) in [4.78, 5) is 0. The topological polar surface area (TPSA) is 21.3 Å². The van der Waals surface area contributed by atoms with Crippen LogP contribution in [0.1, 0.15) is 16.7 Å². The van der Waals surface area contributed by atoms with Gasteiger partial charge in [0, 0.05) is 13.1 Å². The molecular weight excluding hydrogens is 279 g/mol. The molecule has 0 aliphatic heterocycles. The zero-order chi connectivity index (χ0) is 15.3. The standard InChI is InChI=1S/C16H16F3NO/c1-21-14-7-4-5-12(9-14)10-20-11-13-6-2-3-8-15(13)16(17,18)19/h2-9,20H,10-11H2,1H3. The van der Waals surface area contributed by atoms with E-state index in [4.69, 9.17) is 4.74 Å². The number of methoxy groups -OCH3 is 1. The summed E-state index contributed by atoms with van der Waals surface area (Å²) in [6.07, 6.45) is -4.33. The van der Waals surface area contributed by atoms with Crippen molar-refractivity contribution in [1.29, 1.82) is 0 Å². The van der Waals surface area contributed by atoms with Gasteiger partial charge in [0.25, 0.3) is 0 Å². The highest BCUT2D eigenvalue weighted by Gasteiger charge is 2.32. The average molecular weight is 295 g/mol. The maximum absolute atomic E-state index is 12.9. The molecule has 2 aromatic carbocycles. The maximum Gasteiger partial charge on any atom is 0.416 e. The smallest absolute Gasteiger partial charge is 0.416 e. The number of rotatable bonds is 5. The van der Waals surface area contributed by atoms with Crippen molar-refractivity contribution < 1.29 is 17.9 Å². The monoisotopic (exact) mass is 295 g/mol. The van der Waals surface area contributed by atoms with Crippen LogP contribution >= 0.6 is 0 Å². The van der Waals surface area contributed by atoms with Crippen molar-refractivity contribution >= 4 is 0 Å². The molecule has 0 radical (unpaired) electrons. The first-order chi connectivity index (χ1) is 10.0. The molecule has 0 amide bonds. The fourth-order valence-electron chi connectivity index (χ4n) is 2.07. The Labute approximate surface area is 121 Å². The van der Waals surface area contributed by atoms with Crippen molar-refractivity contribution in [2.75, 3.05) is 7.11 Å². The molecule has 112 valence electrons. The van der Waals surface area contributed by atoms with Crippen molar-refractivity contribution in [3.8, 4) is 5.75 Å². The number of ether oxygens (including phenoxy) is 1. The van der Waals surface area contributed by atoms with Crippen molar-refractivity contribution in [1.82, 2.24) is 5.32 Å². The lowest BCUT2D eigenvalue weighted by atomic mass is 10.1. The second-order valence-electron chi connectivity index (χ2n) is 4.61. The summed E-state index contributed by atoms with van der Waals surface area (Å²) in [7, 11) is 1.58. The van der Waals surface area contributed by atoms with Crippen LogP contribution < -0.4 is 10.1 Å². The maximum atomic E-state index is 12.9. The summed E-state index contributed by atoms with van der Waals surface area (Å²) in [6.45, 7) is 0.635. The number of nitrogens with one attached hydrogen (secondary N) is 1. The van der Waals surface area contributed by atoms with Crippen LogP contribution in [-0.4, -0.2) is 7.11 Å². The highest BCUT2D eigenvalue weighted by molar-refractivity contribution is 5.30. The quantitative estimate of drug-likeness (QED) is 0.900. The van der Waals surface area contributed by atoms with E-state index in [2.05, 4.69) is 5.32 Å². The zero-order valence-corrected chi connectivity index (χ0v) is 11.6. The Kier molecular flexibility index (Phi) is 4.85. The molecular formula is C16H16F3NO. The molecule has 0 spiro atoms. The Bertz CT molecular complexity index is 596. The Morgan fingerprint density at radius 2 is 1.76 bits per heavy atom.